The lowest BCUT2D eigenvalue weighted by Gasteiger charge is -2.15. The van der Waals surface area contributed by atoms with Crippen LogP contribution in [0.5, 0.6) is 0 Å². The van der Waals surface area contributed by atoms with Crippen molar-refractivity contribution in [2.24, 2.45) is 0 Å². The van der Waals surface area contributed by atoms with Gasteiger partial charge < -0.3 is 0 Å². The molecule has 0 spiro atoms. The zero-order valence-electron chi connectivity index (χ0n) is 6.56. The van der Waals surface area contributed by atoms with Crippen LogP contribution in [0, 0.1) is 6.07 Å². The third-order valence-electron chi connectivity index (χ3n) is 1.86. The minimum atomic E-state index is 0.128. The quantitative estimate of drug-likeness (QED) is 0.681. The molecule has 67 valence electrons. The Bertz CT molecular complexity index is 376. The van der Waals surface area contributed by atoms with Gasteiger partial charge in [0.2, 0.25) is 0 Å². The smallest absolute Gasteiger partial charge is 0.164 e. The highest BCUT2D eigenvalue weighted by Crippen LogP contribution is 2.39. The summed E-state index contributed by atoms with van der Waals surface area (Å²) in [6, 6.07) is 4.38. The van der Waals surface area contributed by atoms with Gasteiger partial charge in [0, 0.05) is 28.7 Å². The number of benzene rings is 1. The zero-order valence-corrected chi connectivity index (χ0v) is 8.89. The molecule has 1 nitrogen and oxygen atoms in total. The molecular formula is C9H5Cl2OS. The maximum absolute atomic E-state index is 11.4. The van der Waals surface area contributed by atoms with Crippen molar-refractivity contribution in [3.8, 4) is 0 Å². The van der Waals surface area contributed by atoms with Gasteiger partial charge in [-0.25, -0.2) is 0 Å². The van der Waals surface area contributed by atoms with Crippen LogP contribution in [0.1, 0.15) is 16.8 Å². The highest BCUT2D eigenvalue weighted by Gasteiger charge is 2.21. The molecule has 1 aliphatic heterocycles. The van der Waals surface area contributed by atoms with Crippen LogP contribution in [0.15, 0.2) is 11.0 Å². The van der Waals surface area contributed by atoms with Gasteiger partial charge in [0.05, 0.1) is 10.0 Å². The molecule has 0 aromatic heterocycles. The van der Waals surface area contributed by atoms with Crippen LogP contribution in [-0.2, 0) is 0 Å². The Hall–Kier alpha value is -0.180. The number of hydrogen-bond acceptors (Lipinski definition) is 2. The first-order chi connectivity index (χ1) is 6.20. The van der Waals surface area contributed by atoms with E-state index in [1.54, 1.807) is 17.8 Å². The minimum Gasteiger partial charge on any atom is -0.294 e. The molecule has 1 heterocycles. The molecule has 0 fully saturated rings. The molecular weight excluding hydrogens is 227 g/mol. The van der Waals surface area contributed by atoms with E-state index in [4.69, 9.17) is 23.2 Å². The molecule has 13 heavy (non-hydrogen) atoms. The number of fused-ring (bicyclic) bond motifs is 1. The van der Waals surface area contributed by atoms with Crippen LogP contribution < -0.4 is 0 Å². The number of rotatable bonds is 0. The molecule has 0 atom stereocenters. The normalized spacial score (nSPS) is 15.7. The molecule has 2 rings (SSSR count). The molecule has 1 aliphatic rings. The number of Topliss-reactive ketones (excluding diaryl/α,β-unsaturated/α-hetero) is 1. The first-order valence-corrected chi connectivity index (χ1v) is 5.50. The van der Waals surface area contributed by atoms with Crippen molar-refractivity contribution in [3.63, 3.8) is 0 Å². The second-order valence-electron chi connectivity index (χ2n) is 2.68. The predicted octanol–water partition coefficient (Wildman–Crippen LogP) is 3.47. The number of carbonyl (C=O) groups excluding carboxylic acids is 1. The monoisotopic (exact) mass is 231 g/mol. The number of hydrogen-bond donors (Lipinski definition) is 0. The maximum Gasteiger partial charge on any atom is 0.164 e. The Labute approximate surface area is 90.4 Å². The zero-order chi connectivity index (χ0) is 9.42. The molecule has 1 radical (unpaired) electrons. The summed E-state index contributed by atoms with van der Waals surface area (Å²) >= 11 is 13.3. The van der Waals surface area contributed by atoms with Crippen molar-refractivity contribution in [1.29, 1.82) is 0 Å². The molecule has 0 amide bonds. The van der Waals surface area contributed by atoms with Gasteiger partial charge >= 0.3 is 0 Å². The minimum absolute atomic E-state index is 0.128. The lowest BCUT2D eigenvalue weighted by molar-refractivity contribution is 0.0985. The van der Waals surface area contributed by atoms with Crippen LogP contribution in [0.3, 0.4) is 0 Å². The van der Waals surface area contributed by atoms with Crippen molar-refractivity contribution in [2.75, 3.05) is 5.75 Å². The Morgan fingerprint density at radius 3 is 3.00 bits per heavy atom. The number of ketones is 1. The van der Waals surface area contributed by atoms with Gasteiger partial charge in [-0.1, -0.05) is 23.2 Å². The lowest BCUT2D eigenvalue weighted by atomic mass is 10.1. The summed E-state index contributed by atoms with van der Waals surface area (Å²) < 4.78 is 0. The summed E-state index contributed by atoms with van der Waals surface area (Å²) in [5.41, 5.74) is 0.658. The van der Waals surface area contributed by atoms with Crippen LogP contribution in [0.2, 0.25) is 10.0 Å². The highest BCUT2D eigenvalue weighted by atomic mass is 35.5. The van der Waals surface area contributed by atoms with Crippen LogP contribution in [-0.4, -0.2) is 11.5 Å². The van der Waals surface area contributed by atoms with Gasteiger partial charge in [-0.15, -0.1) is 11.8 Å². The summed E-state index contributed by atoms with van der Waals surface area (Å²) in [6.07, 6.45) is 0.573. The van der Waals surface area contributed by atoms with Crippen molar-refractivity contribution in [2.45, 2.75) is 11.3 Å². The number of carbonyl (C=O) groups is 1. The third kappa shape index (κ3) is 1.58. The van der Waals surface area contributed by atoms with E-state index < -0.39 is 0 Å². The van der Waals surface area contributed by atoms with Gasteiger partial charge in [0.15, 0.2) is 5.78 Å². The third-order valence-corrected chi connectivity index (χ3v) is 3.86. The summed E-state index contributed by atoms with van der Waals surface area (Å²) in [7, 11) is 0. The van der Waals surface area contributed by atoms with E-state index in [-0.39, 0.29) is 5.78 Å². The van der Waals surface area contributed by atoms with Crippen LogP contribution in [0.4, 0.5) is 0 Å². The number of halogens is 2. The topological polar surface area (TPSA) is 17.1 Å². The standard InChI is InChI=1S/C9H5Cl2OS/c10-6-2-1-5-7(12)3-4-13-9(5)8(6)11/h1H,3-4H2. The molecule has 0 saturated heterocycles. The molecule has 0 saturated carbocycles. The summed E-state index contributed by atoms with van der Waals surface area (Å²) in [6.45, 7) is 0. The summed E-state index contributed by atoms with van der Waals surface area (Å²) in [4.78, 5) is 12.2. The van der Waals surface area contributed by atoms with Crippen molar-refractivity contribution in [1.82, 2.24) is 0 Å². The first-order valence-electron chi connectivity index (χ1n) is 3.76. The van der Waals surface area contributed by atoms with Gasteiger partial charge in [0.1, 0.15) is 0 Å². The fraction of sp³-hybridized carbons (Fsp3) is 0.222. The second kappa shape index (κ2) is 3.52. The fourth-order valence-electron chi connectivity index (χ4n) is 1.21. The Kier molecular flexibility index (Phi) is 2.54. The average Bonchev–Trinajstić information content (AvgIpc) is 2.12. The van der Waals surface area contributed by atoms with Crippen molar-refractivity contribution < 1.29 is 4.79 Å². The molecule has 0 N–H and O–H groups in total. The molecule has 0 bridgehead atoms. The van der Waals surface area contributed by atoms with Crippen molar-refractivity contribution >= 4 is 40.7 Å². The van der Waals surface area contributed by atoms with E-state index >= 15 is 0 Å². The molecule has 4 heteroatoms. The summed E-state index contributed by atoms with van der Waals surface area (Å²) in [5, 5.41) is 0.847. The lowest BCUT2D eigenvalue weighted by Crippen LogP contribution is -2.08. The van der Waals surface area contributed by atoms with E-state index in [0.717, 1.165) is 10.6 Å². The van der Waals surface area contributed by atoms with Gasteiger partial charge in [-0.05, 0) is 6.07 Å². The van der Waals surface area contributed by atoms with Gasteiger partial charge in [-0.3, -0.25) is 4.79 Å². The second-order valence-corrected chi connectivity index (χ2v) is 4.54. The van der Waals surface area contributed by atoms with Crippen LogP contribution >= 0.6 is 35.0 Å². The fourth-order valence-corrected chi connectivity index (χ4v) is 2.78. The average molecular weight is 232 g/mol. The molecule has 0 unspecified atom stereocenters. The Balaban J connectivity index is 2.63. The van der Waals surface area contributed by atoms with Crippen LogP contribution in [0.25, 0.3) is 0 Å². The van der Waals surface area contributed by atoms with E-state index in [0.29, 0.717) is 22.0 Å². The SMILES string of the molecule is O=C1CCSc2c1c[c]c(Cl)c2Cl. The van der Waals surface area contributed by atoms with Gasteiger partial charge in [0.25, 0.3) is 0 Å². The Morgan fingerprint density at radius 2 is 2.23 bits per heavy atom. The van der Waals surface area contributed by atoms with E-state index in [9.17, 15) is 4.79 Å². The largest absolute Gasteiger partial charge is 0.294 e. The van der Waals surface area contributed by atoms with E-state index in [2.05, 4.69) is 6.07 Å². The van der Waals surface area contributed by atoms with Gasteiger partial charge in [-0.2, -0.15) is 0 Å². The van der Waals surface area contributed by atoms with E-state index in [1.165, 1.54) is 0 Å². The molecule has 1 aromatic carbocycles. The molecule has 1 aromatic rings. The number of thioether (sulfide) groups is 1. The highest BCUT2D eigenvalue weighted by molar-refractivity contribution is 7.99. The predicted molar refractivity (Wildman–Crippen MR) is 55.0 cm³/mol. The maximum atomic E-state index is 11.4. The van der Waals surface area contributed by atoms with Crippen molar-refractivity contribution in [3.05, 3.63) is 27.7 Å². The summed E-state index contributed by atoms with van der Waals surface area (Å²) in [5.74, 6) is 0.912. The Morgan fingerprint density at radius 1 is 1.46 bits per heavy atom. The van der Waals surface area contributed by atoms with E-state index in [1.807, 2.05) is 0 Å². The molecule has 0 aliphatic carbocycles. The first kappa shape index (κ1) is 9.38.